The summed E-state index contributed by atoms with van der Waals surface area (Å²) in [5.41, 5.74) is 4.49. The standard InChI is InChI=1S/C29H37N3O4/c1-19-14-20(2)16-24(15-19)30-26(33)21-10-12-31(13-11-21)27(34)25-17-22-8-6-7-9-23(22)18-32(25)28(35)36-29(3,4)5/h6-9,14-16,21,25H,10-13,17-18H2,1-5H3,(H,30,33). The van der Waals surface area contributed by atoms with Gasteiger partial charge >= 0.3 is 6.09 Å². The number of hydrogen-bond donors (Lipinski definition) is 1. The number of amides is 3. The van der Waals surface area contributed by atoms with Crippen molar-refractivity contribution in [1.82, 2.24) is 9.80 Å². The fraction of sp³-hybridized carbons (Fsp3) is 0.483. The molecule has 3 amide bonds. The summed E-state index contributed by atoms with van der Waals surface area (Å²) >= 11 is 0. The quantitative estimate of drug-likeness (QED) is 0.666. The summed E-state index contributed by atoms with van der Waals surface area (Å²) in [5.74, 6) is -0.235. The first kappa shape index (κ1) is 25.7. The number of carbonyl (C=O) groups excluding carboxylic acids is 3. The van der Waals surface area contributed by atoms with Crippen LogP contribution in [0.5, 0.6) is 0 Å². The molecule has 0 bridgehead atoms. The lowest BCUT2D eigenvalue weighted by atomic mass is 9.91. The van der Waals surface area contributed by atoms with Crippen LogP contribution in [-0.2, 0) is 27.3 Å². The summed E-state index contributed by atoms with van der Waals surface area (Å²) in [6.07, 6.45) is 1.18. The first-order valence-corrected chi connectivity index (χ1v) is 12.7. The topological polar surface area (TPSA) is 79.0 Å². The highest BCUT2D eigenvalue weighted by Crippen LogP contribution is 2.28. The van der Waals surface area contributed by atoms with E-state index < -0.39 is 17.7 Å². The number of rotatable bonds is 3. The fourth-order valence-electron chi connectivity index (χ4n) is 5.12. The van der Waals surface area contributed by atoms with Crippen LogP contribution in [0.25, 0.3) is 0 Å². The largest absolute Gasteiger partial charge is 0.444 e. The second kappa shape index (κ2) is 10.3. The van der Waals surface area contributed by atoms with E-state index in [-0.39, 0.29) is 17.7 Å². The van der Waals surface area contributed by atoms with E-state index in [1.165, 1.54) is 0 Å². The van der Waals surface area contributed by atoms with E-state index in [2.05, 4.69) is 11.4 Å². The number of nitrogens with one attached hydrogen (secondary N) is 1. The second-order valence-corrected chi connectivity index (χ2v) is 11.1. The number of likely N-dealkylation sites (tertiary alicyclic amines) is 1. The van der Waals surface area contributed by atoms with Crippen LogP contribution in [0, 0.1) is 19.8 Å². The molecular weight excluding hydrogens is 454 g/mol. The van der Waals surface area contributed by atoms with Gasteiger partial charge in [0.05, 0.1) is 6.54 Å². The zero-order chi connectivity index (χ0) is 26.0. The van der Waals surface area contributed by atoms with Gasteiger partial charge in [0.25, 0.3) is 0 Å². The SMILES string of the molecule is Cc1cc(C)cc(NC(=O)C2CCN(C(=O)C3Cc4ccccc4CN3C(=O)OC(C)(C)C)CC2)c1. The summed E-state index contributed by atoms with van der Waals surface area (Å²) in [4.78, 5) is 43.0. The summed E-state index contributed by atoms with van der Waals surface area (Å²) in [5, 5.41) is 3.04. The molecule has 2 heterocycles. The Labute approximate surface area is 213 Å². The van der Waals surface area contributed by atoms with Crippen molar-refractivity contribution in [3.05, 3.63) is 64.7 Å². The van der Waals surface area contributed by atoms with Crippen LogP contribution in [0.2, 0.25) is 0 Å². The molecule has 1 atom stereocenters. The van der Waals surface area contributed by atoms with E-state index in [0.29, 0.717) is 38.9 Å². The number of ether oxygens (including phenoxy) is 1. The van der Waals surface area contributed by atoms with E-state index in [9.17, 15) is 14.4 Å². The predicted molar refractivity (Wildman–Crippen MR) is 140 cm³/mol. The van der Waals surface area contributed by atoms with Crippen LogP contribution in [0.4, 0.5) is 10.5 Å². The molecular formula is C29H37N3O4. The third kappa shape index (κ3) is 6.07. The summed E-state index contributed by atoms with van der Waals surface area (Å²) in [6, 6.07) is 13.3. The Bertz CT molecular complexity index is 1130. The maximum Gasteiger partial charge on any atom is 0.411 e. The van der Waals surface area contributed by atoms with Gasteiger partial charge in [0.15, 0.2) is 0 Å². The van der Waals surface area contributed by atoms with E-state index in [4.69, 9.17) is 4.74 Å². The number of carbonyl (C=O) groups is 3. The van der Waals surface area contributed by atoms with Crippen molar-refractivity contribution in [1.29, 1.82) is 0 Å². The van der Waals surface area contributed by atoms with Gasteiger partial charge in [-0.15, -0.1) is 0 Å². The van der Waals surface area contributed by atoms with Crippen LogP contribution in [0.1, 0.15) is 55.9 Å². The molecule has 1 fully saturated rings. The van der Waals surface area contributed by atoms with Gasteiger partial charge < -0.3 is 15.0 Å². The third-order valence-electron chi connectivity index (χ3n) is 6.83. The molecule has 1 saturated heterocycles. The van der Waals surface area contributed by atoms with Gasteiger partial charge in [0.1, 0.15) is 11.6 Å². The van der Waals surface area contributed by atoms with Crippen LogP contribution >= 0.6 is 0 Å². The fourth-order valence-corrected chi connectivity index (χ4v) is 5.12. The van der Waals surface area contributed by atoms with Gasteiger partial charge in [0.2, 0.25) is 11.8 Å². The molecule has 7 heteroatoms. The number of benzene rings is 2. The molecule has 2 aromatic carbocycles. The minimum atomic E-state index is -0.650. The van der Waals surface area contributed by atoms with Gasteiger partial charge in [-0.05, 0) is 81.8 Å². The molecule has 1 unspecified atom stereocenters. The molecule has 0 saturated carbocycles. The van der Waals surface area contributed by atoms with Crippen molar-refractivity contribution in [3.8, 4) is 0 Å². The van der Waals surface area contributed by atoms with Crippen LogP contribution in [0.15, 0.2) is 42.5 Å². The molecule has 2 aliphatic rings. The number of anilines is 1. The maximum absolute atomic E-state index is 13.7. The van der Waals surface area contributed by atoms with E-state index in [1.807, 2.05) is 71.0 Å². The van der Waals surface area contributed by atoms with Gasteiger partial charge in [-0.1, -0.05) is 30.3 Å². The molecule has 2 aromatic rings. The second-order valence-electron chi connectivity index (χ2n) is 11.1. The van der Waals surface area contributed by atoms with E-state index in [0.717, 1.165) is 27.9 Å². The highest BCUT2D eigenvalue weighted by Gasteiger charge is 2.40. The third-order valence-corrected chi connectivity index (χ3v) is 6.83. The highest BCUT2D eigenvalue weighted by molar-refractivity contribution is 5.93. The zero-order valence-corrected chi connectivity index (χ0v) is 22.0. The Morgan fingerprint density at radius 1 is 0.944 bits per heavy atom. The lowest BCUT2D eigenvalue weighted by molar-refractivity contribution is -0.140. The lowest BCUT2D eigenvalue weighted by Crippen LogP contribution is -2.56. The number of aryl methyl sites for hydroxylation is 2. The lowest BCUT2D eigenvalue weighted by Gasteiger charge is -2.40. The number of nitrogens with zero attached hydrogens (tertiary/aromatic N) is 2. The minimum Gasteiger partial charge on any atom is -0.444 e. The molecule has 192 valence electrons. The molecule has 7 nitrogen and oxygen atoms in total. The van der Waals surface area contributed by atoms with Crippen LogP contribution in [-0.4, -0.2) is 52.4 Å². The first-order valence-electron chi connectivity index (χ1n) is 12.7. The summed E-state index contributed by atoms with van der Waals surface area (Å²) in [7, 11) is 0. The zero-order valence-electron chi connectivity index (χ0n) is 22.0. The maximum atomic E-state index is 13.7. The van der Waals surface area contributed by atoms with Gasteiger partial charge in [-0.3, -0.25) is 14.5 Å². The average Bonchev–Trinajstić information content (AvgIpc) is 2.81. The Balaban J connectivity index is 1.42. The Kier molecular flexibility index (Phi) is 7.38. The predicted octanol–water partition coefficient (Wildman–Crippen LogP) is 4.84. The van der Waals surface area contributed by atoms with Gasteiger partial charge in [-0.25, -0.2) is 4.79 Å². The van der Waals surface area contributed by atoms with Crippen molar-refractivity contribution in [2.75, 3.05) is 18.4 Å². The van der Waals surface area contributed by atoms with Crippen molar-refractivity contribution in [3.63, 3.8) is 0 Å². The average molecular weight is 492 g/mol. The monoisotopic (exact) mass is 491 g/mol. The van der Waals surface area contributed by atoms with Crippen LogP contribution in [0.3, 0.4) is 0 Å². The van der Waals surface area contributed by atoms with Gasteiger partial charge in [0, 0.05) is 31.1 Å². The van der Waals surface area contributed by atoms with Crippen molar-refractivity contribution >= 4 is 23.6 Å². The molecule has 36 heavy (non-hydrogen) atoms. The van der Waals surface area contributed by atoms with E-state index in [1.54, 1.807) is 9.80 Å². The number of piperidine rings is 1. The first-order chi connectivity index (χ1) is 17.0. The Hall–Kier alpha value is -3.35. The van der Waals surface area contributed by atoms with Crippen molar-refractivity contribution < 1.29 is 19.1 Å². The Morgan fingerprint density at radius 2 is 1.56 bits per heavy atom. The highest BCUT2D eigenvalue weighted by atomic mass is 16.6. The van der Waals surface area contributed by atoms with Gasteiger partial charge in [-0.2, -0.15) is 0 Å². The molecule has 0 radical (unpaired) electrons. The normalized spacial score (nSPS) is 18.4. The molecule has 1 N–H and O–H groups in total. The minimum absolute atomic E-state index is 0.00549. The molecule has 0 aromatic heterocycles. The molecule has 0 aliphatic carbocycles. The van der Waals surface area contributed by atoms with Crippen LogP contribution < -0.4 is 5.32 Å². The molecule has 2 aliphatic heterocycles. The van der Waals surface area contributed by atoms with E-state index >= 15 is 0 Å². The number of fused-ring (bicyclic) bond motifs is 1. The Morgan fingerprint density at radius 3 is 2.17 bits per heavy atom. The number of hydrogen-bond acceptors (Lipinski definition) is 4. The van der Waals surface area contributed by atoms with Crippen molar-refractivity contribution in [2.24, 2.45) is 5.92 Å². The smallest absolute Gasteiger partial charge is 0.411 e. The molecule has 0 spiro atoms. The summed E-state index contributed by atoms with van der Waals surface area (Å²) < 4.78 is 5.65. The summed E-state index contributed by atoms with van der Waals surface area (Å²) in [6.45, 7) is 10.8. The van der Waals surface area contributed by atoms with Crippen molar-refractivity contribution in [2.45, 2.75) is 72.1 Å². The molecule has 4 rings (SSSR count).